The Hall–Kier alpha value is -3.98. The van der Waals surface area contributed by atoms with E-state index in [1.807, 2.05) is 0 Å². The molecule has 3 aromatic rings. The Morgan fingerprint density at radius 1 is 1.00 bits per heavy atom. The van der Waals surface area contributed by atoms with E-state index in [9.17, 15) is 17.6 Å². The number of halogens is 1. The molecule has 1 aliphatic heterocycles. The van der Waals surface area contributed by atoms with Gasteiger partial charge in [0.25, 0.3) is 0 Å². The molecule has 0 N–H and O–H groups in total. The molecule has 1 aliphatic rings. The van der Waals surface area contributed by atoms with Gasteiger partial charge in [0.2, 0.25) is 5.90 Å². The molecular weight excluding hydrogens is 449 g/mol. The second kappa shape index (κ2) is 9.25. The molecule has 0 spiro atoms. The molecule has 3 aromatic carbocycles. The van der Waals surface area contributed by atoms with Gasteiger partial charge in [0.1, 0.15) is 10.7 Å². The third-order valence-corrected chi connectivity index (χ3v) is 5.76. The highest BCUT2D eigenvalue weighted by atomic mass is 32.2. The standard InChI is InChI=1S/C24H18FNO6S/c1-2-30-22-15-16(8-13-21(22)32-33(28,29)19-6-4-3-5-7-19)14-20-24(27)31-23(26-20)17-9-11-18(25)12-10-17/h3-15H,2H2,1H3/b20-14-. The van der Waals surface area contributed by atoms with E-state index in [1.54, 1.807) is 31.2 Å². The molecule has 0 amide bonds. The Morgan fingerprint density at radius 3 is 2.42 bits per heavy atom. The van der Waals surface area contributed by atoms with Crippen molar-refractivity contribution in [2.45, 2.75) is 11.8 Å². The highest BCUT2D eigenvalue weighted by molar-refractivity contribution is 7.87. The van der Waals surface area contributed by atoms with Gasteiger partial charge in [-0.15, -0.1) is 0 Å². The molecule has 0 saturated carbocycles. The quantitative estimate of drug-likeness (QED) is 0.292. The second-order valence-electron chi connectivity index (χ2n) is 6.83. The van der Waals surface area contributed by atoms with Crippen LogP contribution >= 0.6 is 0 Å². The van der Waals surface area contributed by atoms with Crippen molar-refractivity contribution in [2.24, 2.45) is 4.99 Å². The SMILES string of the molecule is CCOc1cc(/C=C2\N=C(c3ccc(F)cc3)OC2=O)ccc1OS(=O)(=O)c1ccccc1. The lowest BCUT2D eigenvalue weighted by molar-refractivity contribution is -0.129. The van der Waals surface area contributed by atoms with Crippen molar-refractivity contribution >= 4 is 28.1 Å². The van der Waals surface area contributed by atoms with Crippen molar-refractivity contribution in [3.63, 3.8) is 0 Å². The van der Waals surface area contributed by atoms with Crippen LogP contribution in [0.3, 0.4) is 0 Å². The number of hydrogen-bond donors (Lipinski definition) is 0. The summed E-state index contributed by atoms with van der Waals surface area (Å²) in [5.41, 5.74) is 0.999. The molecule has 0 aliphatic carbocycles. The molecule has 7 nitrogen and oxygen atoms in total. The minimum absolute atomic E-state index is 0.00681. The summed E-state index contributed by atoms with van der Waals surface area (Å²) in [5, 5.41) is 0. The lowest BCUT2D eigenvalue weighted by Crippen LogP contribution is -2.10. The molecule has 0 radical (unpaired) electrons. The zero-order valence-corrected chi connectivity index (χ0v) is 18.2. The molecule has 0 bridgehead atoms. The number of nitrogens with zero attached hydrogens (tertiary/aromatic N) is 1. The number of aliphatic imine (C=N–C) groups is 1. The summed E-state index contributed by atoms with van der Waals surface area (Å²) in [7, 11) is -4.06. The van der Waals surface area contributed by atoms with E-state index < -0.39 is 21.9 Å². The van der Waals surface area contributed by atoms with Crippen LogP contribution in [0.25, 0.3) is 6.08 Å². The average molecular weight is 467 g/mol. The molecule has 0 aromatic heterocycles. The fourth-order valence-electron chi connectivity index (χ4n) is 2.99. The summed E-state index contributed by atoms with van der Waals surface area (Å²) in [5.74, 6) is -0.836. The van der Waals surface area contributed by atoms with Crippen molar-refractivity contribution in [3.05, 3.63) is 95.4 Å². The van der Waals surface area contributed by atoms with Crippen molar-refractivity contribution in [3.8, 4) is 11.5 Å². The first-order chi connectivity index (χ1) is 15.9. The van der Waals surface area contributed by atoms with Crippen LogP contribution in [0.1, 0.15) is 18.1 Å². The molecule has 0 fully saturated rings. The predicted molar refractivity (Wildman–Crippen MR) is 119 cm³/mol. The molecule has 33 heavy (non-hydrogen) atoms. The van der Waals surface area contributed by atoms with Crippen molar-refractivity contribution in [1.82, 2.24) is 0 Å². The van der Waals surface area contributed by atoms with E-state index in [4.69, 9.17) is 13.7 Å². The topological polar surface area (TPSA) is 91.3 Å². The van der Waals surface area contributed by atoms with Gasteiger partial charge in [-0.05, 0) is 67.1 Å². The summed E-state index contributed by atoms with van der Waals surface area (Å²) in [6.45, 7) is 2.00. The van der Waals surface area contributed by atoms with Gasteiger partial charge in [-0.2, -0.15) is 8.42 Å². The number of benzene rings is 3. The fraction of sp³-hybridized carbons (Fsp3) is 0.0833. The Bertz CT molecular complexity index is 1350. The van der Waals surface area contributed by atoms with Gasteiger partial charge in [-0.25, -0.2) is 14.2 Å². The van der Waals surface area contributed by atoms with Crippen molar-refractivity contribution < 1.29 is 31.3 Å². The maximum absolute atomic E-state index is 13.1. The zero-order valence-electron chi connectivity index (χ0n) is 17.4. The monoisotopic (exact) mass is 467 g/mol. The van der Waals surface area contributed by atoms with Crippen LogP contribution in [-0.2, 0) is 19.6 Å². The van der Waals surface area contributed by atoms with E-state index in [0.717, 1.165) is 0 Å². The van der Waals surface area contributed by atoms with Crippen LogP contribution in [0.4, 0.5) is 4.39 Å². The predicted octanol–water partition coefficient (Wildman–Crippen LogP) is 4.34. The number of carbonyl (C=O) groups excluding carboxylic acids is 1. The summed E-state index contributed by atoms with van der Waals surface area (Å²) < 4.78 is 54.3. The van der Waals surface area contributed by atoms with Crippen molar-refractivity contribution in [2.75, 3.05) is 6.61 Å². The molecule has 0 saturated heterocycles. The van der Waals surface area contributed by atoms with Gasteiger partial charge in [0, 0.05) is 5.56 Å². The van der Waals surface area contributed by atoms with Gasteiger partial charge in [-0.3, -0.25) is 0 Å². The first kappa shape index (κ1) is 22.2. The van der Waals surface area contributed by atoms with Crippen LogP contribution in [-0.4, -0.2) is 26.9 Å². The molecular formula is C24H18FNO6S. The van der Waals surface area contributed by atoms with Crippen LogP contribution < -0.4 is 8.92 Å². The van der Waals surface area contributed by atoms with Crippen LogP contribution in [0.2, 0.25) is 0 Å². The van der Waals surface area contributed by atoms with Crippen LogP contribution in [0, 0.1) is 5.82 Å². The molecule has 1 heterocycles. The first-order valence-corrected chi connectivity index (χ1v) is 11.3. The van der Waals surface area contributed by atoms with E-state index in [-0.39, 0.29) is 34.6 Å². The lowest BCUT2D eigenvalue weighted by atomic mass is 10.1. The Morgan fingerprint density at radius 2 is 1.73 bits per heavy atom. The number of rotatable bonds is 7. The molecule has 9 heteroatoms. The van der Waals surface area contributed by atoms with Gasteiger partial charge < -0.3 is 13.7 Å². The highest BCUT2D eigenvalue weighted by Crippen LogP contribution is 2.32. The van der Waals surface area contributed by atoms with Gasteiger partial charge in [0.05, 0.1) is 6.61 Å². The largest absolute Gasteiger partial charge is 0.490 e. The van der Waals surface area contributed by atoms with Gasteiger partial charge >= 0.3 is 16.1 Å². The van der Waals surface area contributed by atoms with E-state index in [0.29, 0.717) is 11.1 Å². The maximum Gasteiger partial charge on any atom is 0.363 e. The van der Waals surface area contributed by atoms with E-state index in [1.165, 1.54) is 54.6 Å². The van der Waals surface area contributed by atoms with Gasteiger partial charge in [-0.1, -0.05) is 24.3 Å². The highest BCUT2D eigenvalue weighted by Gasteiger charge is 2.25. The average Bonchev–Trinajstić information content (AvgIpc) is 3.17. The number of hydrogen-bond acceptors (Lipinski definition) is 7. The third-order valence-electron chi connectivity index (χ3n) is 4.51. The fourth-order valence-corrected chi connectivity index (χ4v) is 3.95. The Labute approximate surface area is 189 Å². The molecule has 0 unspecified atom stereocenters. The first-order valence-electron chi connectivity index (χ1n) is 9.90. The minimum atomic E-state index is -4.06. The van der Waals surface area contributed by atoms with Crippen LogP contribution in [0.5, 0.6) is 11.5 Å². The maximum atomic E-state index is 13.1. The third kappa shape index (κ3) is 5.09. The zero-order chi connectivity index (χ0) is 23.4. The second-order valence-corrected chi connectivity index (χ2v) is 8.38. The van der Waals surface area contributed by atoms with Crippen LogP contribution in [0.15, 0.2) is 88.4 Å². The van der Waals surface area contributed by atoms with Crippen molar-refractivity contribution in [1.29, 1.82) is 0 Å². The van der Waals surface area contributed by atoms with Gasteiger partial charge in [0.15, 0.2) is 17.2 Å². The normalized spacial score (nSPS) is 14.7. The van der Waals surface area contributed by atoms with E-state index in [2.05, 4.69) is 4.99 Å². The summed E-state index contributed by atoms with van der Waals surface area (Å²) in [6, 6.07) is 17.7. The molecule has 0 atom stereocenters. The lowest BCUT2D eigenvalue weighted by Gasteiger charge is -2.12. The van der Waals surface area contributed by atoms with E-state index >= 15 is 0 Å². The Balaban J connectivity index is 1.63. The summed E-state index contributed by atoms with van der Waals surface area (Å²) in [6.07, 6.45) is 1.47. The number of cyclic esters (lactones) is 1. The molecule has 168 valence electrons. The minimum Gasteiger partial charge on any atom is -0.490 e. The summed E-state index contributed by atoms with van der Waals surface area (Å²) in [4.78, 5) is 16.4. The summed E-state index contributed by atoms with van der Waals surface area (Å²) >= 11 is 0. The Kier molecular flexibility index (Phi) is 6.23. The number of ether oxygens (including phenoxy) is 2. The smallest absolute Gasteiger partial charge is 0.363 e. The number of esters is 1. The molecule has 4 rings (SSSR count). The number of carbonyl (C=O) groups is 1.